The monoisotopic (exact) mass is 1880 g/mol. The zero-order valence-corrected chi connectivity index (χ0v) is 81.6. The largest absolute Gasteiger partial charge is 0.386 e. The number of hydrogen-bond donors (Lipinski definition) is 7. The van der Waals surface area contributed by atoms with Crippen molar-refractivity contribution in [3.8, 4) is 12.1 Å². The molecule has 0 saturated heterocycles. The molecule has 8 aliphatic rings. The van der Waals surface area contributed by atoms with Gasteiger partial charge < -0.3 is 33.0 Å². The van der Waals surface area contributed by atoms with Crippen LogP contribution in [0.25, 0.3) is 60.0 Å². The van der Waals surface area contributed by atoms with E-state index in [2.05, 4.69) is 117 Å². The molecule has 0 spiro atoms. The van der Waals surface area contributed by atoms with Crippen molar-refractivity contribution < 1.29 is 69.3 Å². The number of imidazole rings is 5. The molecule has 0 radical (unpaired) electrons. The Morgan fingerprint density at radius 1 is 0.449 bits per heavy atom. The van der Waals surface area contributed by atoms with E-state index in [1.807, 2.05) is 90.1 Å². The van der Waals surface area contributed by atoms with Crippen LogP contribution in [0.2, 0.25) is 0 Å². The van der Waals surface area contributed by atoms with Crippen molar-refractivity contribution in [2.24, 2.45) is 39.9 Å². The third-order valence-corrected chi connectivity index (χ3v) is 30.7. The van der Waals surface area contributed by atoms with Gasteiger partial charge in [0.1, 0.15) is 16.9 Å². The molecule has 5 heterocycles. The molecule has 7 N–H and O–H groups in total. The van der Waals surface area contributed by atoms with Gasteiger partial charge in [-0.15, -0.1) is 0 Å². The number of nitrogens with zero attached hydrogens (tertiary/aromatic N) is 13. The van der Waals surface area contributed by atoms with Gasteiger partial charge in [0.15, 0.2) is 22.8 Å². The summed E-state index contributed by atoms with van der Waals surface area (Å²) in [5.41, 5.74) is 0.374. The smallest absolute Gasteiger partial charge is 0.284 e. The first-order chi connectivity index (χ1) is 63.0. The van der Waals surface area contributed by atoms with Gasteiger partial charge in [0.25, 0.3) is 11.8 Å². The standard InChI is InChI=1S/C22H28F3N3O2.C22H33N3O2.C20H21F3N4O.C20H23FN4O.C19H23FN4O/c1-19(2,30)13-6-7-15-16(10-13)28(20(3)8-5-9-20)18(26-15)27-17(29)11-14-12-21(4,23)22(14,24)25;1-14(20(2,3)4)18(26)24-19-23-16-10-9-15(21(5,6)27)13-17(16)25(19)22(7)11-8-12-22;1-18(6-3-7-18)27-15-8-12(11-24)4-5-14(15)25-17(27)26-16(28)9-13-10-19(2,21)20(13,22)23;1-12(19(2)7-8-19)17(26)24-18-23-16-14(21)9-13(11-22)10-15(16)25(18)20(3)5-4-6-20;1-18(2,3)11-15(25)22-17-23-16-13(20)9-12(21-5)10-14(16)24(17)19(4)7-6-8-19/h6-7,10,14,30H,5,8-9,11-12H2,1-4H3,(H,26,27,29);9-10,13-14,27H,8,11-12H2,1-7H3,(H,23,24,26);4-5,8,13H,3,6-7,9-10H2,1-2H3,(H,25,26,28);9-10,12H,4-8H2,1-3H3,(H,23,24,26);9-10H,6-8,11H2,1-4H3,(H,22,23,25). The number of carbonyl (C=O) groups excluding carboxylic acids is 5. The second-order valence-electron chi connectivity index (χ2n) is 45.0. The molecule has 136 heavy (non-hydrogen) atoms. The topological polar surface area (TPSA) is 327 Å². The number of aromatic nitrogens is 10. The summed E-state index contributed by atoms with van der Waals surface area (Å²) in [5, 5.41) is 53.4. The molecule has 8 saturated carbocycles. The lowest BCUT2D eigenvalue weighted by molar-refractivity contribution is -0.248. The SMILES string of the molecule is CC(C(=O)Nc1nc2c(F)cc(C#N)cc2n1C1(C)CCC1)C1(C)CC1.CC(C(=O)Nc1nc2ccc(C(C)(C)O)cc2n1C1(C)CCC1)C(C)(C)C.CC(C)(O)c1ccc2nc(NC(=O)CC3CC(C)(F)C3(F)F)n(C3(C)CCC3)c2c1.CC1(n2c(NC(=O)CC3CC(C)(F)C3(F)F)nc3ccc(C#N)cc32)CCC1.[C-]#[N+]c1cc(F)c2nc(NC(=O)CC(C)(C)C)n(C3(C)CCC3)c2c1. The Labute approximate surface area is 788 Å². The second-order valence-corrected chi connectivity index (χ2v) is 45.0. The fraction of sp³-hybridized carbons (Fsp3) is 0.583. The summed E-state index contributed by atoms with van der Waals surface area (Å²) in [4.78, 5) is 88.8. The van der Waals surface area contributed by atoms with Crippen LogP contribution >= 0.6 is 0 Å². The lowest BCUT2D eigenvalue weighted by Crippen LogP contribution is -2.60. The summed E-state index contributed by atoms with van der Waals surface area (Å²) in [7, 11) is 0. The van der Waals surface area contributed by atoms with Gasteiger partial charge >= 0.3 is 0 Å². The number of aliphatic hydroxyl groups is 2. The molecule has 10 aromatic rings. The fourth-order valence-electron chi connectivity index (χ4n) is 19.8. The van der Waals surface area contributed by atoms with E-state index in [0.717, 1.165) is 144 Å². The molecule has 25 nitrogen and oxygen atoms in total. The molecule has 5 aromatic heterocycles. The number of amides is 5. The maximum Gasteiger partial charge on any atom is 0.284 e. The minimum absolute atomic E-state index is 0.00955. The molecular weight excluding hydrogens is 1750 g/mol. The van der Waals surface area contributed by atoms with E-state index in [0.29, 0.717) is 63.4 Å². The summed E-state index contributed by atoms with van der Waals surface area (Å²) in [6.45, 7) is 44.6. The van der Waals surface area contributed by atoms with Crippen LogP contribution in [0.4, 0.5) is 70.6 Å². The van der Waals surface area contributed by atoms with Crippen molar-refractivity contribution in [3.05, 3.63) is 124 Å². The molecule has 728 valence electrons. The average molecular weight is 1880 g/mol. The number of hydrogen-bond acceptors (Lipinski definition) is 14. The Hall–Kier alpha value is -11.4. The highest BCUT2D eigenvalue weighted by Crippen LogP contribution is 2.58. The maximum atomic E-state index is 14.5. The average Bonchev–Trinajstić information content (AvgIpc) is 1.29. The Balaban J connectivity index is 0.000000136. The van der Waals surface area contributed by atoms with Crippen molar-refractivity contribution in [3.63, 3.8) is 0 Å². The van der Waals surface area contributed by atoms with Crippen LogP contribution in [0.3, 0.4) is 0 Å². The zero-order valence-electron chi connectivity index (χ0n) is 81.6. The highest BCUT2D eigenvalue weighted by molar-refractivity contribution is 5.97. The van der Waals surface area contributed by atoms with Crippen LogP contribution < -0.4 is 26.6 Å². The van der Waals surface area contributed by atoms with E-state index in [1.54, 1.807) is 70.2 Å². The summed E-state index contributed by atoms with van der Waals surface area (Å²) >= 11 is 0. The van der Waals surface area contributed by atoms with Crippen molar-refractivity contribution in [1.29, 1.82) is 10.5 Å². The molecule has 0 bridgehead atoms. The van der Waals surface area contributed by atoms with Gasteiger partial charge in [-0.3, -0.25) is 50.6 Å². The number of fused-ring (bicyclic) bond motifs is 5. The summed E-state index contributed by atoms with van der Waals surface area (Å²) < 4.78 is 122. The minimum atomic E-state index is -3.51. The number of nitriles is 2. The normalized spacial score (nSPS) is 22.3. The van der Waals surface area contributed by atoms with Crippen LogP contribution in [0.1, 0.15) is 302 Å². The van der Waals surface area contributed by atoms with Crippen LogP contribution in [-0.2, 0) is 62.9 Å². The fourth-order valence-corrected chi connectivity index (χ4v) is 19.8. The molecule has 18 rings (SSSR count). The van der Waals surface area contributed by atoms with Crippen LogP contribution in [0, 0.1) is 80.8 Å². The van der Waals surface area contributed by atoms with E-state index in [4.69, 9.17) is 11.6 Å². The Morgan fingerprint density at radius 2 is 0.779 bits per heavy atom. The lowest BCUT2D eigenvalue weighted by Gasteiger charge is -2.47. The molecule has 5 aromatic carbocycles. The molecule has 5 amide bonds. The van der Waals surface area contributed by atoms with E-state index in [-0.39, 0.29) is 115 Å². The quantitative estimate of drug-likeness (QED) is 0.0276. The first kappa shape index (κ1) is 101. The number of rotatable bonds is 20. The lowest BCUT2D eigenvalue weighted by atomic mass is 9.67. The van der Waals surface area contributed by atoms with Crippen molar-refractivity contribution in [1.82, 2.24) is 47.8 Å². The number of halogens is 8. The third-order valence-electron chi connectivity index (χ3n) is 30.7. The van der Waals surface area contributed by atoms with Gasteiger partial charge in [0.05, 0.1) is 85.2 Å². The number of anilines is 5. The highest BCUT2D eigenvalue weighted by atomic mass is 19.3. The predicted molar refractivity (Wildman–Crippen MR) is 509 cm³/mol. The van der Waals surface area contributed by atoms with Gasteiger partial charge in [-0.25, -0.2) is 64.9 Å². The number of carbonyl (C=O) groups is 5. The van der Waals surface area contributed by atoms with Crippen molar-refractivity contribution in [2.75, 3.05) is 26.6 Å². The van der Waals surface area contributed by atoms with Crippen LogP contribution in [0.15, 0.2) is 78.9 Å². The Morgan fingerprint density at radius 3 is 1.12 bits per heavy atom. The number of nitrogens with one attached hydrogen (secondary N) is 5. The third kappa shape index (κ3) is 19.4. The van der Waals surface area contributed by atoms with Crippen LogP contribution in [-0.4, -0.2) is 111 Å². The summed E-state index contributed by atoms with van der Waals surface area (Å²) in [6.07, 6.45) is 15.7. The first-order valence-electron chi connectivity index (χ1n) is 47.4. The van der Waals surface area contributed by atoms with E-state index in [1.165, 1.54) is 18.6 Å². The zero-order chi connectivity index (χ0) is 99.7. The molecule has 0 aliphatic heterocycles. The summed E-state index contributed by atoms with van der Waals surface area (Å²) in [5.74, 6) is -10.4. The Kier molecular flexibility index (Phi) is 26.3. The highest BCUT2D eigenvalue weighted by Gasteiger charge is 2.68. The van der Waals surface area contributed by atoms with Gasteiger partial charge in [-0.2, -0.15) is 10.5 Å². The van der Waals surface area contributed by atoms with E-state index >= 15 is 0 Å². The predicted octanol–water partition coefficient (Wildman–Crippen LogP) is 23.5. The first-order valence-corrected chi connectivity index (χ1v) is 47.4. The molecular formula is C103H128F8N18O7. The molecule has 6 unspecified atom stereocenters. The molecule has 33 heteroatoms. The van der Waals surface area contributed by atoms with Gasteiger partial charge in [0, 0.05) is 70.6 Å². The summed E-state index contributed by atoms with van der Waals surface area (Å²) in [6, 6.07) is 26.1. The van der Waals surface area contributed by atoms with E-state index < -0.39 is 82.5 Å². The molecule has 8 fully saturated rings. The second kappa shape index (κ2) is 35.6. The molecule has 8 aliphatic carbocycles. The van der Waals surface area contributed by atoms with Crippen molar-refractivity contribution >= 4 is 120 Å². The van der Waals surface area contributed by atoms with Gasteiger partial charge in [0.2, 0.25) is 59.3 Å². The van der Waals surface area contributed by atoms with Crippen LogP contribution in [0.5, 0.6) is 0 Å². The maximum absolute atomic E-state index is 14.5. The van der Waals surface area contributed by atoms with Gasteiger partial charge in [-0.1, -0.05) is 74.4 Å². The molecule has 6 atom stereocenters. The number of alkyl halides is 6. The van der Waals surface area contributed by atoms with E-state index in [9.17, 15) is 79.8 Å². The van der Waals surface area contributed by atoms with Gasteiger partial charge in [-0.05, 0) is 292 Å². The minimum Gasteiger partial charge on any atom is -0.386 e. The number of benzene rings is 5. The Bertz CT molecular complexity index is 6500. The van der Waals surface area contributed by atoms with Crippen molar-refractivity contribution in [2.45, 2.75) is 342 Å².